The molecule has 0 bridgehead atoms. The molecule has 1 fully saturated rings. The molecule has 0 saturated carbocycles. The lowest BCUT2D eigenvalue weighted by molar-refractivity contribution is -0.151. The second kappa shape index (κ2) is 13.8. The summed E-state index contributed by atoms with van der Waals surface area (Å²) in [4.78, 5) is 65.3. The van der Waals surface area contributed by atoms with Gasteiger partial charge in [0.15, 0.2) is 0 Å². The maximum atomic E-state index is 13.6. The van der Waals surface area contributed by atoms with Crippen LogP contribution in [0.2, 0.25) is 0 Å². The first-order valence-corrected chi connectivity index (χ1v) is 13.4. The van der Waals surface area contributed by atoms with E-state index in [0.29, 0.717) is 13.1 Å². The molecule has 0 unspecified atom stereocenters. The number of piperazine rings is 1. The van der Waals surface area contributed by atoms with Crippen molar-refractivity contribution in [1.29, 1.82) is 0 Å². The number of phenols is 1. The van der Waals surface area contributed by atoms with E-state index in [1.165, 1.54) is 24.0 Å². The van der Waals surface area contributed by atoms with E-state index in [1.54, 1.807) is 26.0 Å². The molecule has 1 heterocycles. The highest BCUT2D eigenvalue weighted by atomic mass is 16.3. The van der Waals surface area contributed by atoms with Crippen molar-refractivity contribution >= 4 is 29.5 Å². The van der Waals surface area contributed by atoms with E-state index in [4.69, 9.17) is 5.73 Å². The SMILES string of the molecule is C[C@@H](NC(=O)[C@@H](N)Cc1ccc(O)cc1)C(=O)NCC(=O)N[C@@H](Cc1ccccc1)C(=O)N1CCNC(=O)C1(C)C. The first-order chi connectivity index (χ1) is 19.4. The third-order valence-corrected chi connectivity index (χ3v) is 6.94. The minimum atomic E-state index is -1.10. The minimum Gasteiger partial charge on any atom is -0.508 e. The minimum absolute atomic E-state index is 0.0968. The van der Waals surface area contributed by atoms with E-state index < -0.39 is 53.8 Å². The van der Waals surface area contributed by atoms with Gasteiger partial charge in [0.1, 0.15) is 23.4 Å². The van der Waals surface area contributed by atoms with Gasteiger partial charge in [0.25, 0.3) is 0 Å². The highest BCUT2D eigenvalue weighted by Crippen LogP contribution is 2.20. The van der Waals surface area contributed by atoms with Crippen LogP contribution in [-0.4, -0.2) is 82.8 Å². The summed E-state index contributed by atoms with van der Waals surface area (Å²) < 4.78 is 0. The second-order valence-electron chi connectivity index (χ2n) is 10.5. The predicted octanol–water partition coefficient (Wildman–Crippen LogP) is -0.653. The van der Waals surface area contributed by atoms with Gasteiger partial charge in [-0.15, -0.1) is 0 Å². The Morgan fingerprint density at radius 1 is 0.976 bits per heavy atom. The molecule has 41 heavy (non-hydrogen) atoms. The molecular weight excluding hydrogens is 528 g/mol. The van der Waals surface area contributed by atoms with Crippen LogP contribution in [0.1, 0.15) is 31.9 Å². The molecule has 1 aliphatic heterocycles. The van der Waals surface area contributed by atoms with Gasteiger partial charge in [-0.25, -0.2) is 0 Å². The molecule has 1 saturated heterocycles. The monoisotopic (exact) mass is 566 g/mol. The van der Waals surface area contributed by atoms with Crippen molar-refractivity contribution < 1.29 is 29.1 Å². The van der Waals surface area contributed by atoms with Crippen molar-refractivity contribution in [1.82, 2.24) is 26.2 Å². The Morgan fingerprint density at radius 2 is 1.61 bits per heavy atom. The number of hydrogen-bond acceptors (Lipinski definition) is 7. The van der Waals surface area contributed by atoms with Crippen LogP contribution in [0.4, 0.5) is 0 Å². The number of aromatic hydroxyl groups is 1. The number of hydrogen-bond donors (Lipinski definition) is 6. The Kier molecular flexibility index (Phi) is 10.4. The average Bonchev–Trinajstić information content (AvgIpc) is 2.94. The molecule has 0 spiro atoms. The average molecular weight is 567 g/mol. The van der Waals surface area contributed by atoms with Gasteiger partial charge in [0.2, 0.25) is 29.5 Å². The van der Waals surface area contributed by atoms with Crippen molar-refractivity contribution in [3.8, 4) is 5.75 Å². The van der Waals surface area contributed by atoms with E-state index in [0.717, 1.165) is 11.1 Å². The summed E-state index contributed by atoms with van der Waals surface area (Å²) in [5, 5.41) is 19.8. The Labute approximate surface area is 239 Å². The number of nitrogens with one attached hydrogen (secondary N) is 4. The molecule has 5 amide bonds. The lowest BCUT2D eigenvalue weighted by atomic mass is 9.96. The summed E-state index contributed by atoms with van der Waals surface area (Å²) in [6, 6.07) is 12.5. The molecule has 2 aromatic rings. The fourth-order valence-corrected chi connectivity index (χ4v) is 4.45. The molecule has 7 N–H and O–H groups in total. The number of amides is 5. The normalized spacial score (nSPS) is 16.5. The van der Waals surface area contributed by atoms with E-state index in [-0.39, 0.29) is 24.5 Å². The number of carbonyl (C=O) groups is 5. The highest BCUT2D eigenvalue weighted by molar-refractivity contribution is 5.96. The number of carbonyl (C=O) groups excluding carboxylic acids is 5. The third kappa shape index (κ3) is 8.52. The van der Waals surface area contributed by atoms with Crippen LogP contribution in [-0.2, 0) is 36.8 Å². The summed E-state index contributed by atoms with van der Waals surface area (Å²) in [5.41, 5.74) is 6.42. The Bertz CT molecular complexity index is 1250. The van der Waals surface area contributed by atoms with Crippen LogP contribution in [0.5, 0.6) is 5.75 Å². The van der Waals surface area contributed by atoms with Crippen LogP contribution in [0, 0.1) is 0 Å². The lowest BCUT2D eigenvalue weighted by Gasteiger charge is -2.42. The number of nitrogens with zero attached hydrogens (tertiary/aromatic N) is 1. The van der Waals surface area contributed by atoms with Crippen LogP contribution >= 0.6 is 0 Å². The van der Waals surface area contributed by atoms with Gasteiger partial charge < -0.3 is 37.0 Å². The van der Waals surface area contributed by atoms with Gasteiger partial charge in [0, 0.05) is 19.5 Å². The first-order valence-electron chi connectivity index (χ1n) is 13.4. The molecule has 2 aromatic carbocycles. The summed E-state index contributed by atoms with van der Waals surface area (Å²) in [7, 11) is 0. The maximum Gasteiger partial charge on any atom is 0.246 e. The zero-order chi connectivity index (χ0) is 30.2. The molecule has 3 atom stereocenters. The van der Waals surface area contributed by atoms with Crippen LogP contribution in [0.3, 0.4) is 0 Å². The van der Waals surface area contributed by atoms with Gasteiger partial charge in [-0.2, -0.15) is 0 Å². The largest absolute Gasteiger partial charge is 0.508 e. The van der Waals surface area contributed by atoms with Gasteiger partial charge in [-0.3, -0.25) is 24.0 Å². The third-order valence-electron chi connectivity index (χ3n) is 6.94. The number of phenolic OH excluding ortho intramolecular Hbond substituents is 1. The summed E-state index contributed by atoms with van der Waals surface area (Å²) in [6.45, 7) is 4.92. The Balaban J connectivity index is 1.57. The maximum absolute atomic E-state index is 13.6. The summed E-state index contributed by atoms with van der Waals surface area (Å²) in [5.74, 6) is -2.35. The highest BCUT2D eigenvalue weighted by Gasteiger charge is 2.42. The zero-order valence-electron chi connectivity index (χ0n) is 23.5. The van der Waals surface area contributed by atoms with Crippen molar-refractivity contribution in [3.05, 3.63) is 65.7 Å². The number of nitrogens with two attached hydrogens (primary N) is 1. The molecule has 1 aliphatic rings. The lowest BCUT2D eigenvalue weighted by Crippen LogP contribution is -2.66. The smallest absolute Gasteiger partial charge is 0.246 e. The van der Waals surface area contributed by atoms with E-state index in [9.17, 15) is 29.1 Å². The van der Waals surface area contributed by atoms with E-state index >= 15 is 0 Å². The van der Waals surface area contributed by atoms with Gasteiger partial charge in [0.05, 0.1) is 12.6 Å². The molecule has 3 rings (SSSR count). The zero-order valence-corrected chi connectivity index (χ0v) is 23.5. The van der Waals surface area contributed by atoms with Gasteiger partial charge >= 0.3 is 0 Å². The Hall–Kier alpha value is -4.45. The van der Waals surface area contributed by atoms with Crippen LogP contribution < -0.4 is 27.0 Å². The predicted molar refractivity (Wildman–Crippen MR) is 151 cm³/mol. The molecule has 0 aliphatic carbocycles. The van der Waals surface area contributed by atoms with E-state index in [1.807, 2.05) is 30.3 Å². The molecule has 220 valence electrons. The fourth-order valence-electron chi connectivity index (χ4n) is 4.45. The molecule has 12 nitrogen and oxygen atoms in total. The first kappa shape index (κ1) is 31.1. The fraction of sp³-hybridized carbons (Fsp3) is 0.414. The molecule has 0 radical (unpaired) electrons. The van der Waals surface area contributed by atoms with Crippen molar-refractivity contribution in [2.24, 2.45) is 5.73 Å². The van der Waals surface area contributed by atoms with Gasteiger partial charge in [-0.1, -0.05) is 42.5 Å². The molecule has 0 aromatic heterocycles. The van der Waals surface area contributed by atoms with Crippen molar-refractivity contribution in [3.63, 3.8) is 0 Å². The van der Waals surface area contributed by atoms with Crippen molar-refractivity contribution in [2.45, 2.75) is 57.3 Å². The summed E-state index contributed by atoms with van der Waals surface area (Å²) in [6.07, 6.45) is 0.397. The topological polar surface area (TPSA) is 183 Å². The second-order valence-corrected chi connectivity index (χ2v) is 10.5. The number of benzene rings is 2. The Morgan fingerprint density at radius 3 is 2.27 bits per heavy atom. The van der Waals surface area contributed by atoms with Crippen LogP contribution in [0.25, 0.3) is 0 Å². The molecular formula is C29H38N6O6. The van der Waals surface area contributed by atoms with Gasteiger partial charge in [-0.05, 0) is 50.5 Å². The number of rotatable bonds is 11. The quantitative estimate of drug-likeness (QED) is 0.209. The van der Waals surface area contributed by atoms with Crippen LogP contribution in [0.15, 0.2) is 54.6 Å². The molecule has 12 heteroatoms. The van der Waals surface area contributed by atoms with Crippen molar-refractivity contribution in [2.75, 3.05) is 19.6 Å². The standard InChI is InChI=1S/C29H38N6O6/c1-18(33-26(39)22(30)15-20-9-11-21(36)12-10-20)25(38)32-17-24(37)34-23(16-19-7-5-4-6-8-19)27(40)35-14-13-31-28(41)29(35,2)3/h4-12,18,22-23,36H,13-17,30H2,1-3H3,(H,31,41)(H,32,38)(H,33,39)(H,34,37)/t18-,22+,23+/m1/s1. The van der Waals surface area contributed by atoms with E-state index in [2.05, 4.69) is 21.3 Å². The summed E-state index contributed by atoms with van der Waals surface area (Å²) >= 11 is 0.